The minimum atomic E-state index is -0.0106. The van der Waals surface area contributed by atoms with Crippen molar-refractivity contribution < 1.29 is 4.79 Å². The topological polar surface area (TPSA) is 61.4 Å². The second-order valence-corrected chi connectivity index (χ2v) is 7.25. The van der Waals surface area contributed by atoms with Gasteiger partial charge < -0.3 is 15.1 Å². The molecule has 0 bridgehead atoms. The average Bonchev–Trinajstić information content (AvgIpc) is 2.78. The van der Waals surface area contributed by atoms with Crippen LogP contribution in [0, 0.1) is 6.92 Å². The number of rotatable bonds is 5. The quantitative estimate of drug-likeness (QED) is 0.727. The van der Waals surface area contributed by atoms with Crippen molar-refractivity contribution in [1.29, 1.82) is 0 Å². The van der Waals surface area contributed by atoms with Gasteiger partial charge in [-0.05, 0) is 30.2 Å². The third-order valence-electron chi connectivity index (χ3n) is 5.13. The smallest absolute Gasteiger partial charge is 0.257 e. The minimum absolute atomic E-state index is 0.0106. The first-order chi connectivity index (χ1) is 14.2. The molecule has 6 nitrogen and oxygen atoms in total. The largest absolute Gasteiger partial charge is 0.368 e. The molecule has 3 aromatic rings. The van der Waals surface area contributed by atoms with Crippen LogP contribution in [-0.2, 0) is 6.54 Å². The Hall–Kier alpha value is -3.41. The number of carbonyl (C=O) groups is 1. The molecule has 0 unspecified atom stereocenters. The second-order valence-electron chi connectivity index (χ2n) is 7.25. The Morgan fingerprint density at radius 3 is 2.38 bits per heavy atom. The third kappa shape index (κ3) is 4.71. The zero-order chi connectivity index (χ0) is 20.1. The van der Waals surface area contributed by atoms with E-state index in [1.165, 1.54) is 11.3 Å². The molecule has 1 aliphatic rings. The number of nitrogens with one attached hydrogen (secondary N) is 1. The molecule has 1 fully saturated rings. The van der Waals surface area contributed by atoms with E-state index < -0.39 is 0 Å². The van der Waals surface area contributed by atoms with Crippen LogP contribution in [0.4, 0.5) is 11.6 Å². The van der Waals surface area contributed by atoms with Gasteiger partial charge in [0, 0.05) is 50.8 Å². The van der Waals surface area contributed by atoms with Crippen molar-refractivity contribution in [3.8, 4) is 0 Å². The van der Waals surface area contributed by atoms with Crippen molar-refractivity contribution in [3.05, 3.63) is 83.7 Å². The maximum atomic E-state index is 12.8. The first kappa shape index (κ1) is 18.9. The van der Waals surface area contributed by atoms with E-state index in [9.17, 15) is 4.79 Å². The molecule has 0 radical (unpaired) electrons. The van der Waals surface area contributed by atoms with E-state index in [4.69, 9.17) is 0 Å². The molecule has 148 valence electrons. The molecule has 0 aliphatic carbocycles. The predicted octanol–water partition coefficient (Wildman–Crippen LogP) is 3.36. The summed E-state index contributed by atoms with van der Waals surface area (Å²) < 4.78 is 0. The lowest BCUT2D eigenvalue weighted by molar-refractivity contribution is 0.0746. The van der Waals surface area contributed by atoms with Crippen LogP contribution in [0.1, 0.15) is 21.5 Å². The SMILES string of the molecule is Cc1cccc(N2CCN(C(=O)c3cnc(NCc4ccccc4)nc3)CC2)c1. The standard InChI is InChI=1S/C23H25N5O/c1-18-6-5-9-21(14-18)27-10-12-28(13-11-27)22(29)20-16-25-23(26-17-20)24-15-19-7-3-2-4-8-19/h2-9,14,16-17H,10-13,15H2,1H3,(H,24,25,26). The van der Waals surface area contributed by atoms with Gasteiger partial charge in [-0.25, -0.2) is 9.97 Å². The van der Waals surface area contributed by atoms with Crippen LogP contribution in [0.15, 0.2) is 67.0 Å². The van der Waals surface area contributed by atoms with Crippen LogP contribution in [0.3, 0.4) is 0 Å². The molecule has 1 saturated heterocycles. The lowest BCUT2D eigenvalue weighted by Gasteiger charge is -2.36. The maximum Gasteiger partial charge on any atom is 0.257 e. The lowest BCUT2D eigenvalue weighted by atomic mass is 10.2. The average molecular weight is 387 g/mol. The fraction of sp³-hybridized carbons (Fsp3) is 0.261. The van der Waals surface area contributed by atoms with E-state index in [-0.39, 0.29) is 5.91 Å². The van der Waals surface area contributed by atoms with Crippen molar-refractivity contribution in [2.45, 2.75) is 13.5 Å². The number of benzene rings is 2. The van der Waals surface area contributed by atoms with Crippen LogP contribution in [0.25, 0.3) is 0 Å². The summed E-state index contributed by atoms with van der Waals surface area (Å²) in [6.45, 7) is 5.79. The molecule has 1 aliphatic heterocycles. The Morgan fingerprint density at radius 2 is 1.69 bits per heavy atom. The molecular weight excluding hydrogens is 362 g/mol. The van der Waals surface area contributed by atoms with Crippen molar-refractivity contribution in [2.75, 3.05) is 36.4 Å². The van der Waals surface area contributed by atoms with Crippen molar-refractivity contribution in [1.82, 2.24) is 14.9 Å². The number of aryl methyl sites for hydroxylation is 1. The summed E-state index contributed by atoms with van der Waals surface area (Å²) in [5, 5.41) is 3.18. The molecule has 0 spiro atoms. The molecule has 0 atom stereocenters. The molecule has 2 aromatic carbocycles. The molecule has 0 saturated carbocycles. The monoisotopic (exact) mass is 387 g/mol. The first-order valence-corrected chi connectivity index (χ1v) is 9.90. The Balaban J connectivity index is 1.31. The molecule has 4 rings (SSSR count). The Bertz CT molecular complexity index is 951. The number of piperazine rings is 1. The summed E-state index contributed by atoms with van der Waals surface area (Å²) in [5.41, 5.74) is 4.15. The number of nitrogens with zero attached hydrogens (tertiary/aromatic N) is 4. The number of hydrogen-bond donors (Lipinski definition) is 1. The summed E-state index contributed by atoms with van der Waals surface area (Å²) in [4.78, 5) is 25.6. The number of anilines is 2. The highest BCUT2D eigenvalue weighted by molar-refractivity contribution is 5.93. The van der Waals surface area contributed by atoms with Gasteiger partial charge in [0.2, 0.25) is 5.95 Å². The maximum absolute atomic E-state index is 12.8. The number of hydrogen-bond acceptors (Lipinski definition) is 5. The predicted molar refractivity (Wildman–Crippen MR) is 115 cm³/mol. The normalized spacial score (nSPS) is 14.0. The van der Waals surface area contributed by atoms with Gasteiger partial charge in [0.15, 0.2) is 0 Å². The van der Waals surface area contributed by atoms with Crippen molar-refractivity contribution >= 4 is 17.5 Å². The molecule has 6 heteroatoms. The van der Waals surface area contributed by atoms with E-state index >= 15 is 0 Å². The molecule has 29 heavy (non-hydrogen) atoms. The Morgan fingerprint density at radius 1 is 0.966 bits per heavy atom. The zero-order valence-corrected chi connectivity index (χ0v) is 16.6. The fourth-order valence-corrected chi connectivity index (χ4v) is 3.48. The van der Waals surface area contributed by atoms with Gasteiger partial charge in [0.1, 0.15) is 0 Å². The summed E-state index contributed by atoms with van der Waals surface area (Å²) in [6.07, 6.45) is 3.21. The van der Waals surface area contributed by atoms with Gasteiger partial charge in [0.05, 0.1) is 5.56 Å². The van der Waals surface area contributed by atoms with Crippen LogP contribution in [-0.4, -0.2) is 47.0 Å². The van der Waals surface area contributed by atoms with Gasteiger partial charge in [-0.15, -0.1) is 0 Å². The Kier molecular flexibility index (Phi) is 5.70. The summed E-state index contributed by atoms with van der Waals surface area (Å²) in [5.74, 6) is 0.512. The molecular formula is C23H25N5O. The lowest BCUT2D eigenvalue weighted by Crippen LogP contribution is -2.48. The summed E-state index contributed by atoms with van der Waals surface area (Å²) >= 11 is 0. The van der Waals surface area contributed by atoms with Crippen LogP contribution < -0.4 is 10.2 Å². The third-order valence-corrected chi connectivity index (χ3v) is 5.13. The molecule has 2 heterocycles. The number of amides is 1. The summed E-state index contributed by atoms with van der Waals surface area (Å²) in [6, 6.07) is 18.6. The van der Waals surface area contributed by atoms with E-state index in [1.807, 2.05) is 35.2 Å². The van der Waals surface area contributed by atoms with E-state index in [0.717, 1.165) is 18.7 Å². The van der Waals surface area contributed by atoms with E-state index in [1.54, 1.807) is 12.4 Å². The molecule has 1 N–H and O–H groups in total. The van der Waals surface area contributed by atoms with Crippen LogP contribution in [0.5, 0.6) is 0 Å². The highest BCUT2D eigenvalue weighted by Gasteiger charge is 2.22. The second kappa shape index (κ2) is 8.73. The molecule has 1 aromatic heterocycles. The summed E-state index contributed by atoms with van der Waals surface area (Å²) in [7, 11) is 0. The van der Waals surface area contributed by atoms with Gasteiger partial charge in [-0.2, -0.15) is 0 Å². The minimum Gasteiger partial charge on any atom is -0.368 e. The molecule has 1 amide bonds. The van der Waals surface area contributed by atoms with Gasteiger partial charge in [0.25, 0.3) is 5.91 Å². The van der Waals surface area contributed by atoms with E-state index in [2.05, 4.69) is 51.4 Å². The van der Waals surface area contributed by atoms with E-state index in [0.29, 0.717) is 31.1 Å². The highest BCUT2D eigenvalue weighted by atomic mass is 16.2. The van der Waals surface area contributed by atoms with Crippen molar-refractivity contribution in [3.63, 3.8) is 0 Å². The number of aromatic nitrogens is 2. The zero-order valence-electron chi connectivity index (χ0n) is 16.6. The van der Waals surface area contributed by atoms with Gasteiger partial charge in [-0.3, -0.25) is 4.79 Å². The first-order valence-electron chi connectivity index (χ1n) is 9.90. The number of carbonyl (C=O) groups excluding carboxylic acids is 1. The van der Waals surface area contributed by atoms with Gasteiger partial charge in [-0.1, -0.05) is 42.5 Å². The van der Waals surface area contributed by atoms with Gasteiger partial charge >= 0.3 is 0 Å². The highest BCUT2D eigenvalue weighted by Crippen LogP contribution is 2.18. The van der Waals surface area contributed by atoms with Crippen LogP contribution in [0.2, 0.25) is 0 Å². The van der Waals surface area contributed by atoms with Crippen molar-refractivity contribution in [2.24, 2.45) is 0 Å². The Labute approximate surface area is 171 Å². The fourth-order valence-electron chi connectivity index (χ4n) is 3.48. The van der Waals surface area contributed by atoms with Crippen LogP contribution >= 0.6 is 0 Å².